The van der Waals surface area contributed by atoms with Crippen LogP contribution in [0.4, 0.5) is 0 Å². The van der Waals surface area contributed by atoms with Crippen molar-refractivity contribution >= 4 is 22.9 Å². The smallest absolute Gasteiger partial charge is 0.0564 e. The zero-order valence-corrected chi connectivity index (χ0v) is 12.3. The number of nitrogens with two attached hydrogens (primary N) is 1. The average molecular weight is 272 g/mol. The predicted molar refractivity (Wildman–Crippen MR) is 76.6 cm³/mol. The van der Waals surface area contributed by atoms with Crippen molar-refractivity contribution in [3.8, 4) is 0 Å². The third kappa shape index (κ3) is 2.86. The first-order valence-electron chi connectivity index (χ1n) is 6.55. The third-order valence-electron chi connectivity index (χ3n) is 4.17. The topological polar surface area (TPSA) is 26.0 Å². The number of hydrogen-bond donors (Lipinski definition) is 1. The van der Waals surface area contributed by atoms with Crippen molar-refractivity contribution in [2.75, 3.05) is 0 Å². The molecular formula is C14H22ClNS. The molecule has 0 amide bonds. The van der Waals surface area contributed by atoms with Gasteiger partial charge in [0, 0.05) is 4.88 Å². The lowest BCUT2D eigenvalue weighted by Crippen LogP contribution is -2.35. The quantitative estimate of drug-likeness (QED) is 0.769. The van der Waals surface area contributed by atoms with Gasteiger partial charge in [0.05, 0.1) is 10.6 Å². The summed E-state index contributed by atoms with van der Waals surface area (Å²) in [6.07, 6.45) is 5.95. The number of thiophene rings is 1. The molecule has 0 radical (unpaired) electrons. The number of hydrogen-bond acceptors (Lipinski definition) is 2. The molecule has 1 saturated carbocycles. The fourth-order valence-corrected chi connectivity index (χ4v) is 4.35. The van der Waals surface area contributed by atoms with Crippen molar-refractivity contribution in [1.29, 1.82) is 0 Å². The Kier molecular flexibility index (Phi) is 4.17. The predicted octanol–water partition coefficient (Wildman–Crippen LogP) is 4.79. The van der Waals surface area contributed by atoms with E-state index >= 15 is 0 Å². The number of rotatable bonds is 2. The van der Waals surface area contributed by atoms with E-state index in [1.807, 2.05) is 6.07 Å². The molecule has 1 aromatic heterocycles. The molecule has 96 valence electrons. The summed E-state index contributed by atoms with van der Waals surface area (Å²) in [6, 6.07) is 1.97. The van der Waals surface area contributed by atoms with Crippen molar-refractivity contribution in [1.82, 2.24) is 0 Å². The lowest BCUT2D eigenvalue weighted by Gasteiger charge is -2.28. The minimum atomic E-state index is -0.172. The minimum Gasteiger partial charge on any atom is -0.321 e. The summed E-state index contributed by atoms with van der Waals surface area (Å²) in [5.41, 5.74) is 6.44. The second kappa shape index (κ2) is 5.29. The molecule has 1 heterocycles. The van der Waals surface area contributed by atoms with E-state index in [2.05, 4.69) is 19.2 Å². The van der Waals surface area contributed by atoms with Gasteiger partial charge in [-0.15, -0.1) is 11.3 Å². The first-order valence-corrected chi connectivity index (χ1v) is 7.81. The summed E-state index contributed by atoms with van der Waals surface area (Å²) in [4.78, 5) is 1.20. The summed E-state index contributed by atoms with van der Waals surface area (Å²) in [5.74, 6) is 1.61. The molecule has 0 saturated heterocycles. The molecule has 1 nitrogen and oxygen atoms in total. The SMILES string of the molecule is CC(C)C1CCCC(N)(c2sccc2Cl)CC1. The van der Waals surface area contributed by atoms with E-state index in [4.69, 9.17) is 17.3 Å². The largest absolute Gasteiger partial charge is 0.321 e. The van der Waals surface area contributed by atoms with Crippen LogP contribution in [-0.2, 0) is 5.54 Å². The Hall–Kier alpha value is -0.0500. The lowest BCUT2D eigenvalue weighted by molar-refractivity contribution is 0.327. The fourth-order valence-electron chi connectivity index (χ4n) is 2.93. The first kappa shape index (κ1) is 13.4. The van der Waals surface area contributed by atoms with E-state index in [0.717, 1.165) is 29.7 Å². The highest BCUT2D eigenvalue weighted by Gasteiger charge is 2.34. The molecule has 0 aromatic carbocycles. The Morgan fingerprint density at radius 1 is 1.41 bits per heavy atom. The Bertz CT molecular complexity index is 374. The molecule has 2 unspecified atom stereocenters. The van der Waals surface area contributed by atoms with Gasteiger partial charge in [-0.25, -0.2) is 0 Å². The minimum absolute atomic E-state index is 0.172. The third-order valence-corrected chi connectivity index (χ3v) is 5.73. The molecule has 17 heavy (non-hydrogen) atoms. The van der Waals surface area contributed by atoms with Gasteiger partial charge < -0.3 is 5.73 Å². The van der Waals surface area contributed by atoms with E-state index in [1.54, 1.807) is 11.3 Å². The van der Waals surface area contributed by atoms with Crippen LogP contribution in [-0.4, -0.2) is 0 Å². The van der Waals surface area contributed by atoms with Crippen LogP contribution in [0, 0.1) is 11.8 Å². The van der Waals surface area contributed by atoms with E-state index in [1.165, 1.54) is 24.1 Å². The molecule has 0 bridgehead atoms. The van der Waals surface area contributed by atoms with Gasteiger partial charge in [-0.05, 0) is 42.5 Å². The van der Waals surface area contributed by atoms with Crippen LogP contribution < -0.4 is 5.73 Å². The maximum Gasteiger partial charge on any atom is 0.0564 e. The highest BCUT2D eigenvalue weighted by molar-refractivity contribution is 7.10. The molecule has 2 atom stereocenters. The zero-order chi connectivity index (χ0) is 12.5. The fraction of sp³-hybridized carbons (Fsp3) is 0.714. The van der Waals surface area contributed by atoms with Crippen LogP contribution in [0.15, 0.2) is 11.4 Å². The maximum atomic E-state index is 6.61. The highest BCUT2D eigenvalue weighted by Crippen LogP contribution is 2.42. The molecule has 2 rings (SSSR count). The van der Waals surface area contributed by atoms with Crippen molar-refractivity contribution in [2.24, 2.45) is 17.6 Å². The van der Waals surface area contributed by atoms with Crippen LogP contribution in [0.1, 0.15) is 50.8 Å². The normalized spacial score (nSPS) is 30.5. The van der Waals surface area contributed by atoms with Crippen LogP contribution in [0.25, 0.3) is 0 Å². The Labute approximate surface area is 113 Å². The number of halogens is 1. The molecule has 3 heteroatoms. The van der Waals surface area contributed by atoms with Crippen LogP contribution in [0.5, 0.6) is 0 Å². The molecule has 1 aliphatic carbocycles. The van der Waals surface area contributed by atoms with Gasteiger partial charge in [-0.1, -0.05) is 38.3 Å². The molecule has 0 spiro atoms. The molecule has 1 aliphatic rings. The summed E-state index contributed by atoms with van der Waals surface area (Å²) >= 11 is 7.96. The Balaban J connectivity index is 2.15. The van der Waals surface area contributed by atoms with Crippen molar-refractivity contribution in [2.45, 2.75) is 51.5 Å². The van der Waals surface area contributed by atoms with Crippen molar-refractivity contribution in [3.05, 3.63) is 21.3 Å². The standard InChI is InChI=1S/C14H22ClNS/c1-10(2)11-4-3-7-14(16,8-5-11)13-12(15)6-9-17-13/h6,9-11H,3-5,7-8,16H2,1-2H3. The second-order valence-electron chi connectivity index (χ2n) is 5.69. The molecule has 2 N–H and O–H groups in total. The van der Waals surface area contributed by atoms with E-state index in [-0.39, 0.29) is 5.54 Å². The maximum absolute atomic E-state index is 6.61. The molecule has 1 fully saturated rings. The average Bonchev–Trinajstić information content (AvgIpc) is 2.59. The summed E-state index contributed by atoms with van der Waals surface area (Å²) in [6.45, 7) is 4.65. The highest BCUT2D eigenvalue weighted by atomic mass is 35.5. The van der Waals surface area contributed by atoms with Gasteiger partial charge in [0.2, 0.25) is 0 Å². The van der Waals surface area contributed by atoms with Crippen molar-refractivity contribution < 1.29 is 0 Å². The van der Waals surface area contributed by atoms with Gasteiger partial charge in [0.25, 0.3) is 0 Å². The van der Waals surface area contributed by atoms with Crippen molar-refractivity contribution in [3.63, 3.8) is 0 Å². The van der Waals surface area contributed by atoms with Gasteiger partial charge >= 0.3 is 0 Å². The van der Waals surface area contributed by atoms with Crippen LogP contribution in [0.3, 0.4) is 0 Å². The van der Waals surface area contributed by atoms with Gasteiger partial charge in [0.1, 0.15) is 0 Å². The Morgan fingerprint density at radius 3 is 2.76 bits per heavy atom. The monoisotopic (exact) mass is 271 g/mol. The Morgan fingerprint density at radius 2 is 2.18 bits per heavy atom. The van der Waals surface area contributed by atoms with Crippen LogP contribution >= 0.6 is 22.9 Å². The molecular weight excluding hydrogens is 250 g/mol. The molecule has 1 aromatic rings. The lowest BCUT2D eigenvalue weighted by atomic mass is 9.86. The second-order valence-corrected chi connectivity index (χ2v) is 7.01. The van der Waals surface area contributed by atoms with E-state index in [9.17, 15) is 0 Å². The van der Waals surface area contributed by atoms with Crippen LogP contribution in [0.2, 0.25) is 5.02 Å². The molecule has 0 aliphatic heterocycles. The van der Waals surface area contributed by atoms with E-state index < -0.39 is 0 Å². The zero-order valence-electron chi connectivity index (χ0n) is 10.7. The van der Waals surface area contributed by atoms with Gasteiger partial charge in [0.15, 0.2) is 0 Å². The summed E-state index contributed by atoms with van der Waals surface area (Å²) in [7, 11) is 0. The van der Waals surface area contributed by atoms with E-state index in [0.29, 0.717) is 0 Å². The first-order chi connectivity index (χ1) is 8.03. The summed E-state index contributed by atoms with van der Waals surface area (Å²) in [5, 5.41) is 2.91. The van der Waals surface area contributed by atoms with Gasteiger partial charge in [-0.3, -0.25) is 0 Å². The summed E-state index contributed by atoms with van der Waals surface area (Å²) < 4.78 is 0. The van der Waals surface area contributed by atoms with Gasteiger partial charge in [-0.2, -0.15) is 0 Å².